The van der Waals surface area contributed by atoms with E-state index in [1.165, 1.54) is 24.1 Å². The second-order valence-corrected chi connectivity index (χ2v) is 6.10. The van der Waals surface area contributed by atoms with Crippen molar-refractivity contribution in [1.82, 2.24) is 19.5 Å². The molecule has 0 aliphatic heterocycles. The summed E-state index contributed by atoms with van der Waals surface area (Å²) < 4.78 is 1.49. The van der Waals surface area contributed by atoms with Crippen molar-refractivity contribution >= 4 is 28.5 Å². The van der Waals surface area contributed by atoms with E-state index in [2.05, 4.69) is 20.3 Å². The highest BCUT2D eigenvalue weighted by molar-refractivity contribution is 6.09. The molecule has 0 radical (unpaired) electrons. The number of hydrogen-bond donors (Lipinski definition) is 1. The molecule has 3 rings (SSSR count). The molecule has 128 valence electrons. The highest BCUT2D eigenvalue weighted by Crippen LogP contribution is 2.22. The largest absolute Gasteiger partial charge is 0.324 e. The van der Waals surface area contributed by atoms with E-state index in [9.17, 15) is 9.59 Å². The first-order chi connectivity index (χ1) is 11.9. The molecule has 0 saturated heterocycles. The van der Waals surface area contributed by atoms with Crippen LogP contribution in [0.5, 0.6) is 0 Å². The van der Waals surface area contributed by atoms with Crippen molar-refractivity contribution < 1.29 is 9.59 Å². The SMILES string of the molecule is CC(=O)C(C(=O)Nc1cc(C)ccc1C)n1cnc2c(C)ncnc21. The number of nitrogens with one attached hydrogen (secondary N) is 1. The number of ketones is 1. The number of carbonyl (C=O) groups is 2. The molecule has 0 saturated carbocycles. The van der Waals surface area contributed by atoms with Crippen LogP contribution in [0.4, 0.5) is 5.69 Å². The van der Waals surface area contributed by atoms with Crippen LogP contribution in [0.3, 0.4) is 0 Å². The first-order valence-corrected chi connectivity index (χ1v) is 7.91. The summed E-state index contributed by atoms with van der Waals surface area (Å²) in [4.78, 5) is 37.5. The number of fused-ring (bicyclic) bond motifs is 1. The Morgan fingerprint density at radius 3 is 2.60 bits per heavy atom. The lowest BCUT2D eigenvalue weighted by molar-refractivity contribution is -0.128. The topological polar surface area (TPSA) is 89.8 Å². The molecule has 1 unspecified atom stereocenters. The van der Waals surface area contributed by atoms with Gasteiger partial charge in [0, 0.05) is 5.69 Å². The quantitative estimate of drug-likeness (QED) is 0.739. The lowest BCUT2D eigenvalue weighted by atomic mass is 10.1. The maximum absolute atomic E-state index is 12.8. The second-order valence-electron chi connectivity index (χ2n) is 6.10. The normalized spacial score (nSPS) is 12.2. The van der Waals surface area contributed by atoms with Gasteiger partial charge in [-0.2, -0.15) is 0 Å². The Kier molecular flexibility index (Phi) is 4.31. The summed E-state index contributed by atoms with van der Waals surface area (Å²) in [7, 11) is 0. The maximum Gasteiger partial charge on any atom is 0.255 e. The number of rotatable bonds is 4. The van der Waals surface area contributed by atoms with Crippen LogP contribution < -0.4 is 5.32 Å². The van der Waals surface area contributed by atoms with E-state index in [1.54, 1.807) is 6.92 Å². The van der Waals surface area contributed by atoms with Crippen molar-refractivity contribution in [3.8, 4) is 0 Å². The molecule has 1 aromatic carbocycles. The maximum atomic E-state index is 12.8. The van der Waals surface area contributed by atoms with Gasteiger partial charge in [-0.15, -0.1) is 0 Å². The zero-order valence-electron chi connectivity index (χ0n) is 14.6. The van der Waals surface area contributed by atoms with Crippen LogP contribution in [0.2, 0.25) is 0 Å². The predicted molar refractivity (Wildman–Crippen MR) is 94.3 cm³/mol. The predicted octanol–water partition coefficient (Wildman–Crippen LogP) is 2.52. The Bertz CT molecular complexity index is 977. The first kappa shape index (κ1) is 16.8. The summed E-state index contributed by atoms with van der Waals surface area (Å²) in [5.74, 6) is -0.713. The van der Waals surface area contributed by atoms with Crippen molar-refractivity contribution in [2.75, 3.05) is 5.32 Å². The Morgan fingerprint density at radius 1 is 1.12 bits per heavy atom. The van der Waals surface area contributed by atoms with E-state index >= 15 is 0 Å². The number of nitrogens with zero attached hydrogens (tertiary/aromatic N) is 4. The Hall–Kier alpha value is -3.09. The zero-order chi connectivity index (χ0) is 18.1. The van der Waals surface area contributed by atoms with Crippen molar-refractivity contribution in [2.24, 2.45) is 0 Å². The van der Waals surface area contributed by atoms with E-state index < -0.39 is 11.9 Å². The van der Waals surface area contributed by atoms with E-state index in [0.29, 0.717) is 22.5 Å². The minimum Gasteiger partial charge on any atom is -0.324 e. The van der Waals surface area contributed by atoms with Gasteiger partial charge in [0.05, 0.1) is 12.0 Å². The average Bonchev–Trinajstić information content (AvgIpc) is 2.96. The van der Waals surface area contributed by atoms with Gasteiger partial charge in [-0.05, 0) is 44.9 Å². The third-order valence-corrected chi connectivity index (χ3v) is 4.10. The van der Waals surface area contributed by atoms with Crippen molar-refractivity contribution in [3.05, 3.63) is 47.7 Å². The second kappa shape index (κ2) is 6.43. The van der Waals surface area contributed by atoms with Gasteiger partial charge in [0.2, 0.25) is 0 Å². The van der Waals surface area contributed by atoms with Crippen molar-refractivity contribution in [1.29, 1.82) is 0 Å². The van der Waals surface area contributed by atoms with Crippen LogP contribution in [0, 0.1) is 20.8 Å². The summed E-state index contributed by atoms with van der Waals surface area (Å²) in [5.41, 5.74) is 4.37. The molecular formula is C18H19N5O2. The first-order valence-electron chi connectivity index (χ1n) is 7.91. The molecule has 0 fully saturated rings. The zero-order valence-corrected chi connectivity index (χ0v) is 14.6. The number of anilines is 1. The van der Waals surface area contributed by atoms with Crippen LogP contribution in [0.25, 0.3) is 11.2 Å². The van der Waals surface area contributed by atoms with E-state index in [4.69, 9.17) is 0 Å². The Balaban J connectivity index is 2.01. The molecule has 25 heavy (non-hydrogen) atoms. The number of Topliss-reactive ketones (excluding diaryl/α,β-unsaturated/α-hetero) is 1. The molecule has 0 spiro atoms. The number of aromatic nitrogens is 4. The number of aryl methyl sites for hydroxylation is 3. The summed E-state index contributed by atoms with van der Waals surface area (Å²) in [5, 5.41) is 2.85. The third kappa shape index (κ3) is 3.13. The van der Waals surface area contributed by atoms with Gasteiger partial charge in [0.1, 0.15) is 11.8 Å². The van der Waals surface area contributed by atoms with Crippen molar-refractivity contribution in [2.45, 2.75) is 33.7 Å². The fourth-order valence-corrected chi connectivity index (χ4v) is 2.74. The number of benzene rings is 1. The number of hydrogen-bond acceptors (Lipinski definition) is 5. The standard InChI is InChI=1S/C18H19N5O2/c1-10-5-6-11(2)14(7-10)22-18(25)16(13(4)24)23-9-21-15-12(3)19-8-20-17(15)23/h5-9,16H,1-4H3,(H,22,25). The smallest absolute Gasteiger partial charge is 0.255 e. The lowest BCUT2D eigenvalue weighted by Crippen LogP contribution is -2.31. The van der Waals surface area contributed by atoms with Gasteiger partial charge in [-0.1, -0.05) is 12.1 Å². The molecule has 0 aliphatic rings. The van der Waals surface area contributed by atoms with Crippen LogP contribution in [-0.4, -0.2) is 31.2 Å². The van der Waals surface area contributed by atoms with E-state index in [0.717, 1.165) is 11.1 Å². The molecule has 0 aliphatic carbocycles. The fourth-order valence-electron chi connectivity index (χ4n) is 2.74. The minimum atomic E-state index is -1.04. The van der Waals surface area contributed by atoms with Gasteiger partial charge in [0.15, 0.2) is 17.5 Å². The highest BCUT2D eigenvalue weighted by Gasteiger charge is 2.28. The monoisotopic (exact) mass is 337 g/mol. The number of amides is 1. The van der Waals surface area contributed by atoms with Gasteiger partial charge in [-0.3, -0.25) is 14.2 Å². The highest BCUT2D eigenvalue weighted by atomic mass is 16.2. The summed E-state index contributed by atoms with van der Waals surface area (Å²) in [6.07, 6.45) is 2.86. The van der Waals surface area contributed by atoms with Crippen LogP contribution >= 0.6 is 0 Å². The summed E-state index contributed by atoms with van der Waals surface area (Å²) in [6, 6.07) is 4.73. The van der Waals surface area contributed by atoms with Gasteiger partial charge < -0.3 is 5.32 Å². The number of imidazole rings is 1. The van der Waals surface area contributed by atoms with Gasteiger partial charge in [-0.25, -0.2) is 15.0 Å². The van der Waals surface area contributed by atoms with E-state index in [1.807, 2.05) is 32.0 Å². The molecule has 7 heteroatoms. The molecular weight excluding hydrogens is 318 g/mol. The molecule has 1 atom stereocenters. The molecule has 1 N–H and O–H groups in total. The summed E-state index contributed by atoms with van der Waals surface area (Å²) >= 11 is 0. The fraction of sp³-hybridized carbons (Fsp3) is 0.278. The van der Waals surface area contributed by atoms with Gasteiger partial charge >= 0.3 is 0 Å². The molecule has 2 aromatic heterocycles. The Morgan fingerprint density at radius 2 is 1.88 bits per heavy atom. The minimum absolute atomic E-state index is 0.293. The van der Waals surface area contributed by atoms with Crippen LogP contribution in [0.1, 0.15) is 29.8 Å². The summed E-state index contributed by atoms with van der Waals surface area (Å²) in [6.45, 7) is 7.04. The lowest BCUT2D eigenvalue weighted by Gasteiger charge is -2.17. The molecule has 2 heterocycles. The average molecular weight is 337 g/mol. The van der Waals surface area contributed by atoms with Crippen molar-refractivity contribution in [3.63, 3.8) is 0 Å². The van der Waals surface area contributed by atoms with Crippen LogP contribution in [-0.2, 0) is 9.59 Å². The Labute approximate surface area is 145 Å². The number of carbonyl (C=O) groups excluding carboxylic acids is 2. The van der Waals surface area contributed by atoms with Crippen LogP contribution in [0.15, 0.2) is 30.9 Å². The molecule has 0 bridgehead atoms. The molecule has 3 aromatic rings. The third-order valence-electron chi connectivity index (χ3n) is 4.10. The van der Waals surface area contributed by atoms with E-state index in [-0.39, 0.29) is 5.78 Å². The molecule has 7 nitrogen and oxygen atoms in total. The van der Waals surface area contributed by atoms with Gasteiger partial charge in [0.25, 0.3) is 5.91 Å². The molecule has 1 amide bonds.